The maximum absolute atomic E-state index is 12.2. The summed E-state index contributed by atoms with van der Waals surface area (Å²) in [6.07, 6.45) is 5.88. The zero-order valence-electron chi connectivity index (χ0n) is 15.5. The molecule has 1 aromatic carbocycles. The molecular weight excluding hydrogens is 318 g/mol. The number of fused-ring (bicyclic) bond motifs is 1. The topological polar surface area (TPSA) is 48.0 Å². The summed E-state index contributed by atoms with van der Waals surface area (Å²) in [5.74, 6) is 1.94. The lowest BCUT2D eigenvalue weighted by molar-refractivity contribution is -0.146. The number of methoxy groups -OCH3 is 2. The van der Waals surface area contributed by atoms with E-state index < -0.39 is 0 Å². The highest BCUT2D eigenvalue weighted by atomic mass is 16.5. The van der Waals surface area contributed by atoms with Crippen molar-refractivity contribution in [1.82, 2.24) is 4.90 Å². The Bertz CT molecular complexity index is 618. The van der Waals surface area contributed by atoms with Crippen molar-refractivity contribution in [3.63, 3.8) is 0 Å². The van der Waals surface area contributed by atoms with Crippen LogP contribution in [0.4, 0.5) is 0 Å². The first-order valence-corrected chi connectivity index (χ1v) is 9.29. The first kappa shape index (κ1) is 18.1. The van der Waals surface area contributed by atoms with Crippen LogP contribution >= 0.6 is 0 Å². The van der Waals surface area contributed by atoms with Gasteiger partial charge in [-0.15, -0.1) is 0 Å². The summed E-state index contributed by atoms with van der Waals surface area (Å²) < 4.78 is 16.2. The van der Waals surface area contributed by atoms with E-state index in [1.54, 1.807) is 14.2 Å². The first-order valence-electron chi connectivity index (χ1n) is 9.29. The van der Waals surface area contributed by atoms with Gasteiger partial charge in [0.25, 0.3) is 0 Å². The number of hydrogen-bond acceptors (Lipinski definition) is 5. The molecule has 3 rings (SSSR count). The van der Waals surface area contributed by atoms with Crippen molar-refractivity contribution in [2.24, 2.45) is 5.92 Å². The van der Waals surface area contributed by atoms with Gasteiger partial charge in [-0.2, -0.15) is 0 Å². The molecule has 0 amide bonds. The summed E-state index contributed by atoms with van der Waals surface area (Å²) in [7, 11) is 3.32. The van der Waals surface area contributed by atoms with Crippen molar-refractivity contribution in [1.29, 1.82) is 0 Å². The zero-order chi connectivity index (χ0) is 17.9. The second-order valence-electron chi connectivity index (χ2n) is 6.95. The lowest BCUT2D eigenvalue weighted by atomic mass is 9.69. The minimum atomic E-state index is -0.131. The van der Waals surface area contributed by atoms with Crippen molar-refractivity contribution in [3.05, 3.63) is 23.8 Å². The second kappa shape index (κ2) is 7.65. The summed E-state index contributed by atoms with van der Waals surface area (Å²) in [5.41, 5.74) is 1.14. The third kappa shape index (κ3) is 3.22. The molecule has 2 atom stereocenters. The SMILES string of the molecule is CCOC(=O)CN1CC[C@@H]2CCCC[C@@]21c1ccc(OC)c(OC)c1. The highest BCUT2D eigenvalue weighted by Crippen LogP contribution is 2.52. The fourth-order valence-electron chi connectivity index (χ4n) is 4.79. The fourth-order valence-corrected chi connectivity index (χ4v) is 4.79. The van der Waals surface area contributed by atoms with E-state index in [1.807, 2.05) is 13.0 Å². The monoisotopic (exact) mass is 347 g/mol. The number of esters is 1. The van der Waals surface area contributed by atoms with Crippen LogP contribution in [0.1, 0.15) is 44.6 Å². The standard InChI is InChI=1S/C20H29NO4/c1-4-25-19(22)14-21-12-10-15-7-5-6-11-20(15,21)16-8-9-17(23-2)18(13-16)24-3/h8-9,13,15H,4-7,10-12,14H2,1-3H3/t15-,20-/m0/s1. The molecule has 2 aliphatic rings. The van der Waals surface area contributed by atoms with E-state index in [9.17, 15) is 4.79 Å². The van der Waals surface area contributed by atoms with Crippen LogP contribution in [0.25, 0.3) is 0 Å². The van der Waals surface area contributed by atoms with E-state index in [0.29, 0.717) is 19.1 Å². The number of rotatable bonds is 6. The highest BCUT2D eigenvalue weighted by Gasteiger charge is 2.51. The summed E-state index contributed by atoms with van der Waals surface area (Å²) in [6.45, 7) is 3.59. The van der Waals surface area contributed by atoms with Crippen LogP contribution in [0.3, 0.4) is 0 Å². The Morgan fingerprint density at radius 1 is 1.20 bits per heavy atom. The van der Waals surface area contributed by atoms with Gasteiger partial charge >= 0.3 is 5.97 Å². The third-order valence-corrected chi connectivity index (χ3v) is 5.86. The molecule has 138 valence electrons. The van der Waals surface area contributed by atoms with Gasteiger partial charge in [0, 0.05) is 5.54 Å². The molecule has 1 aromatic rings. The van der Waals surface area contributed by atoms with Crippen LogP contribution in [0, 0.1) is 5.92 Å². The molecule has 5 nitrogen and oxygen atoms in total. The zero-order valence-corrected chi connectivity index (χ0v) is 15.5. The minimum Gasteiger partial charge on any atom is -0.493 e. The van der Waals surface area contributed by atoms with E-state index in [2.05, 4.69) is 17.0 Å². The van der Waals surface area contributed by atoms with Crippen molar-refractivity contribution in [2.45, 2.75) is 44.6 Å². The molecule has 1 heterocycles. The van der Waals surface area contributed by atoms with Gasteiger partial charge in [0.1, 0.15) is 0 Å². The number of benzene rings is 1. The van der Waals surface area contributed by atoms with Crippen molar-refractivity contribution >= 4 is 5.97 Å². The number of likely N-dealkylation sites (tertiary alicyclic amines) is 1. The van der Waals surface area contributed by atoms with Crippen LogP contribution in [0.15, 0.2) is 18.2 Å². The van der Waals surface area contributed by atoms with E-state index >= 15 is 0 Å². The molecule has 1 aliphatic carbocycles. The molecular formula is C20H29NO4. The molecule has 0 radical (unpaired) electrons. The van der Waals surface area contributed by atoms with Crippen LogP contribution < -0.4 is 9.47 Å². The Balaban J connectivity index is 1.98. The molecule has 1 saturated carbocycles. The molecule has 0 bridgehead atoms. The van der Waals surface area contributed by atoms with Gasteiger partial charge in [0.2, 0.25) is 0 Å². The molecule has 2 fully saturated rings. The predicted octanol–water partition coefficient (Wildman–Crippen LogP) is 3.36. The maximum atomic E-state index is 12.2. The summed E-state index contributed by atoms with van der Waals surface area (Å²) in [6, 6.07) is 6.22. The van der Waals surface area contributed by atoms with Gasteiger partial charge in [0.05, 0.1) is 27.4 Å². The fraction of sp³-hybridized carbons (Fsp3) is 0.650. The third-order valence-electron chi connectivity index (χ3n) is 5.86. The average molecular weight is 347 g/mol. The van der Waals surface area contributed by atoms with Gasteiger partial charge in [-0.05, 0) is 56.3 Å². The molecule has 0 aromatic heterocycles. The Kier molecular flexibility index (Phi) is 5.52. The van der Waals surface area contributed by atoms with E-state index in [0.717, 1.165) is 30.9 Å². The number of carbonyl (C=O) groups excluding carboxylic acids is 1. The molecule has 0 N–H and O–H groups in total. The number of carbonyl (C=O) groups is 1. The molecule has 25 heavy (non-hydrogen) atoms. The lowest BCUT2D eigenvalue weighted by Crippen LogP contribution is -2.49. The average Bonchev–Trinajstić information content (AvgIpc) is 3.01. The molecule has 1 aliphatic heterocycles. The Hall–Kier alpha value is -1.75. The molecule has 1 saturated heterocycles. The lowest BCUT2D eigenvalue weighted by Gasteiger charge is -2.46. The predicted molar refractivity (Wildman–Crippen MR) is 96.0 cm³/mol. The van der Waals surface area contributed by atoms with Gasteiger partial charge in [-0.25, -0.2) is 0 Å². The van der Waals surface area contributed by atoms with Crippen LogP contribution in [0.2, 0.25) is 0 Å². The van der Waals surface area contributed by atoms with E-state index in [4.69, 9.17) is 14.2 Å². The molecule has 0 unspecified atom stereocenters. The number of hydrogen-bond donors (Lipinski definition) is 0. The Morgan fingerprint density at radius 2 is 2.00 bits per heavy atom. The Morgan fingerprint density at radius 3 is 2.72 bits per heavy atom. The van der Waals surface area contributed by atoms with Gasteiger partial charge in [-0.3, -0.25) is 9.69 Å². The van der Waals surface area contributed by atoms with Crippen molar-refractivity contribution in [3.8, 4) is 11.5 Å². The molecule has 5 heteroatoms. The van der Waals surface area contributed by atoms with Gasteiger partial charge in [-0.1, -0.05) is 18.9 Å². The van der Waals surface area contributed by atoms with Crippen LogP contribution in [-0.2, 0) is 15.1 Å². The van der Waals surface area contributed by atoms with E-state index in [1.165, 1.54) is 24.8 Å². The number of nitrogens with zero attached hydrogens (tertiary/aromatic N) is 1. The number of ether oxygens (including phenoxy) is 3. The highest BCUT2D eigenvalue weighted by molar-refractivity contribution is 5.72. The maximum Gasteiger partial charge on any atom is 0.320 e. The summed E-state index contributed by atoms with van der Waals surface area (Å²) in [5, 5.41) is 0. The normalized spacial score (nSPS) is 26.1. The van der Waals surface area contributed by atoms with Crippen LogP contribution in [-0.4, -0.2) is 44.8 Å². The van der Waals surface area contributed by atoms with Crippen LogP contribution in [0.5, 0.6) is 11.5 Å². The van der Waals surface area contributed by atoms with Gasteiger partial charge in [0.15, 0.2) is 11.5 Å². The summed E-state index contributed by atoms with van der Waals surface area (Å²) in [4.78, 5) is 14.5. The minimum absolute atomic E-state index is 0.0927. The van der Waals surface area contributed by atoms with E-state index in [-0.39, 0.29) is 11.5 Å². The second-order valence-corrected chi connectivity index (χ2v) is 6.95. The van der Waals surface area contributed by atoms with Crippen molar-refractivity contribution in [2.75, 3.05) is 33.9 Å². The Labute approximate surface area is 150 Å². The van der Waals surface area contributed by atoms with Gasteiger partial charge < -0.3 is 14.2 Å². The quantitative estimate of drug-likeness (QED) is 0.739. The van der Waals surface area contributed by atoms with Crippen molar-refractivity contribution < 1.29 is 19.0 Å². The summed E-state index contributed by atoms with van der Waals surface area (Å²) >= 11 is 0. The first-order chi connectivity index (χ1) is 12.2. The smallest absolute Gasteiger partial charge is 0.320 e. The largest absolute Gasteiger partial charge is 0.493 e. The molecule has 0 spiro atoms.